The summed E-state index contributed by atoms with van der Waals surface area (Å²) in [5.74, 6) is -0.431. The van der Waals surface area contributed by atoms with Gasteiger partial charge in [-0.1, -0.05) is 13.3 Å². The van der Waals surface area contributed by atoms with E-state index in [1.165, 1.54) is 0 Å². The fourth-order valence-corrected chi connectivity index (χ4v) is 2.97. The SMILES string of the molecule is CCC1CCN(C(=O)N(CC)C2CC2)C(C(=O)O)C1. The van der Waals surface area contributed by atoms with Gasteiger partial charge in [-0.2, -0.15) is 0 Å². The molecular weight excluding hydrogens is 244 g/mol. The highest BCUT2D eigenvalue weighted by Gasteiger charge is 2.40. The van der Waals surface area contributed by atoms with Crippen LogP contribution in [0.15, 0.2) is 0 Å². The number of hydrogen-bond acceptors (Lipinski definition) is 2. The minimum Gasteiger partial charge on any atom is -0.480 e. The van der Waals surface area contributed by atoms with Crippen LogP contribution >= 0.6 is 0 Å². The Morgan fingerprint density at radius 1 is 1.26 bits per heavy atom. The highest BCUT2D eigenvalue weighted by Crippen LogP contribution is 2.31. The summed E-state index contributed by atoms with van der Waals surface area (Å²) in [6.07, 6.45) is 4.63. The molecular formula is C14H24N2O3. The molecule has 1 saturated carbocycles. The van der Waals surface area contributed by atoms with Gasteiger partial charge in [0.25, 0.3) is 0 Å². The number of rotatable bonds is 4. The van der Waals surface area contributed by atoms with E-state index in [0.29, 0.717) is 31.5 Å². The Hall–Kier alpha value is -1.26. The summed E-state index contributed by atoms with van der Waals surface area (Å²) in [4.78, 5) is 27.3. The number of nitrogens with zero attached hydrogens (tertiary/aromatic N) is 2. The highest BCUT2D eigenvalue weighted by atomic mass is 16.4. The van der Waals surface area contributed by atoms with Crippen LogP contribution in [0.3, 0.4) is 0 Å². The van der Waals surface area contributed by atoms with Gasteiger partial charge in [-0.15, -0.1) is 0 Å². The van der Waals surface area contributed by atoms with Crippen LogP contribution in [-0.4, -0.2) is 52.1 Å². The molecule has 1 heterocycles. The monoisotopic (exact) mass is 268 g/mol. The van der Waals surface area contributed by atoms with Crippen molar-refractivity contribution in [2.24, 2.45) is 5.92 Å². The first-order valence-electron chi connectivity index (χ1n) is 7.38. The van der Waals surface area contributed by atoms with Crippen LogP contribution in [0.5, 0.6) is 0 Å². The van der Waals surface area contributed by atoms with E-state index in [2.05, 4.69) is 6.92 Å². The molecule has 1 N–H and O–H groups in total. The number of likely N-dealkylation sites (tertiary alicyclic amines) is 1. The molecule has 2 unspecified atom stereocenters. The van der Waals surface area contributed by atoms with Crippen molar-refractivity contribution in [3.8, 4) is 0 Å². The molecule has 2 atom stereocenters. The van der Waals surface area contributed by atoms with Gasteiger partial charge in [-0.05, 0) is 38.5 Å². The van der Waals surface area contributed by atoms with E-state index in [9.17, 15) is 14.7 Å². The van der Waals surface area contributed by atoms with Crippen molar-refractivity contribution in [2.45, 2.75) is 58.0 Å². The summed E-state index contributed by atoms with van der Waals surface area (Å²) in [7, 11) is 0. The lowest BCUT2D eigenvalue weighted by molar-refractivity contribution is -0.144. The third-order valence-corrected chi connectivity index (χ3v) is 4.39. The van der Waals surface area contributed by atoms with Crippen molar-refractivity contribution in [2.75, 3.05) is 13.1 Å². The molecule has 0 bridgehead atoms. The summed E-state index contributed by atoms with van der Waals surface area (Å²) in [5.41, 5.74) is 0. The molecule has 2 fully saturated rings. The Kier molecular flexibility index (Phi) is 4.32. The zero-order valence-corrected chi connectivity index (χ0v) is 11.8. The summed E-state index contributed by atoms with van der Waals surface area (Å²) >= 11 is 0. The fourth-order valence-electron chi connectivity index (χ4n) is 2.97. The molecule has 2 amide bonds. The van der Waals surface area contributed by atoms with Crippen molar-refractivity contribution >= 4 is 12.0 Å². The normalized spacial score (nSPS) is 27.2. The number of piperidine rings is 1. The molecule has 0 aromatic carbocycles. The average Bonchev–Trinajstić information content (AvgIpc) is 3.23. The van der Waals surface area contributed by atoms with Crippen LogP contribution in [0.2, 0.25) is 0 Å². The Labute approximate surface area is 114 Å². The van der Waals surface area contributed by atoms with Crippen LogP contribution < -0.4 is 0 Å². The molecule has 1 saturated heterocycles. The van der Waals surface area contributed by atoms with E-state index in [1.807, 2.05) is 11.8 Å². The predicted molar refractivity (Wildman–Crippen MR) is 71.9 cm³/mol. The number of amides is 2. The molecule has 5 nitrogen and oxygen atoms in total. The molecule has 0 spiro atoms. The molecule has 5 heteroatoms. The quantitative estimate of drug-likeness (QED) is 0.850. The first-order valence-corrected chi connectivity index (χ1v) is 7.38. The zero-order chi connectivity index (χ0) is 14.0. The van der Waals surface area contributed by atoms with Gasteiger partial charge in [0.2, 0.25) is 0 Å². The topological polar surface area (TPSA) is 60.9 Å². The van der Waals surface area contributed by atoms with Gasteiger partial charge < -0.3 is 14.9 Å². The lowest BCUT2D eigenvalue weighted by Gasteiger charge is -2.39. The zero-order valence-electron chi connectivity index (χ0n) is 11.8. The van der Waals surface area contributed by atoms with Gasteiger partial charge in [0.15, 0.2) is 0 Å². The minimum absolute atomic E-state index is 0.0769. The molecule has 0 aromatic rings. The second-order valence-electron chi connectivity index (χ2n) is 5.65. The van der Waals surface area contributed by atoms with Crippen LogP contribution in [0.4, 0.5) is 4.79 Å². The van der Waals surface area contributed by atoms with Gasteiger partial charge in [0.1, 0.15) is 6.04 Å². The maximum atomic E-state index is 12.5. The van der Waals surface area contributed by atoms with E-state index >= 15 is 0 Å². The van der Waals surface area contributed by atoms with E-state index in [4.69, 9.17) is 0 Å². The smallest absolute Gasteiger partial charge is 0.326 e. The fraction of sp³-hybridized carbons (Fsp3) is 0.857. The maximum absolute atomic E-state index is 12.5. The molecule has 1 aliphatic carbocycles. The van der Waals surface area contributed by atoms with Crippen LogP contribution in [0.1, 0.15) is 46.0 Å². The molecule has 1 aliphatic heterocycles. The molecule has 2 rings (SSSR count). The molecule has 0 aromatic heterocycles. The molecule has 2 aliphatic rings. The van der Waals surface area contributed by atoms with Gasteiger partial charge in [-0.25, -0.2) is 9.59 Å². The first-order chi connectivity index (χ1) is 9.08. The second-order valence-corrected chi connectivity index (χ2v) is 5.65. The highest BCUT2D eigenvalue weighted by molar-refractivity contribution is 5.83. The lowest BCUT2D eigenvalue weighted by atomic mass is 9.89. The van der Waals surface area contributed by atoms with E-state index in [1.54, 1.807) is 4.90 Å². The largest absolute Gasteiger partial charge is 0.480 e. The van der Waals surface area contributed by atoms with Crippen LogP contribution in [-0.2, 0) is 4.79 Å². The van der Waals surface area contributed by atoms with Crippen LogP contribution in [0.25, 0.3) is 0 Å². The Bertz CT molecular complexity index is 355. The van der Waals surface area contributed by atoms with Gasteiger partial charge in [0, 0.05) is 19.1 Å². The van der Waals surface area contributed by atoms with Crippen molar-refractivity contribution < 1.29 is 14.7 Å². The number of carbonyl (C=O) groups excluding carboxylic acids is 1. The van der Waals surface area contributed by atoms with Crippen LogP contribution in [0, 0.1) is 5.92 Å². The molecule has 19 heavy (non-hydrogen) atoms. The van der Waals surface area contributed by atoms with Gasteiger partial charge >= 0.3 is 12.0 Å². The number of carboxylic acid groups (broad SMARTS) is 1. The lowest BCUT2D eigenvalue weighted by Crippen LogP contribution is -2.55. The van der Waals surface area contributed by atoms with Gasteiger partial charge in [0.05, 0.1) is 0 Å². The standard InChI is InChI=1S/C14H24N2O3/c1-3-10-7-8-16(12(9-10)13(17)18)14(19)15(4-2)11-5-6-11/h10-12H,3-9H2,1-2H3,(H,17,18). The second kappa shape index (κ2) is 5.80. The summed E-state index contributed by atoms with van der Waals surface area (Å²) in [6.45, 7) is 5.30. The first kappa shape index (κ1) is 14.2. The number of aliphatic carboxylic acids is 1. The van der Waals surface area contributed by atoms with Crippen molar-refractivity contribution in [3.05, 3.63) is 0 Å². The predicted octanol–water partition coefficient (Wildman–Crippen LogP) is 2.17. The van der Waals surface area contributed by atoms with E-state index in [-0.39, 0.29) is 6.03 Å². The molecule has 108 valence electrons. The number of carboxylic acids is 1. The Morgan fingerprint density at radius 3 is 2.42 bits per heavy atom. The minimum atomic E-state index is -0.863. The van der Waals surface area contributed by atoms with Crippen molar-refractivity contribution in [3.63, 3.8) is 0 Å². The Morgan fingerprint density at radius 2 is 1.95 bits per heavy atom. The Balaban J connectivity index is 2.07. The van der Waals surface area contributed by atoms with Crippen molar-refractivity contribution in [1.82, 2.24) is 9.80 Å². The average molecular weight is 268 g/mol. The number of hydrogen-bond donors (Lipinski definition) is 1. The van der Waals surface area contributed by atoms with E-state index < -0.39 is 12.0 Å². The number of urea groups is 1. The molecule has 0 radical (unpaired) electrons. The van der Waals surface area contributed by atoms with E-state index in [0.717, 1.165) is 25.7 Å². The number of carbonyl (C=O) groups is 2. The third kappa shape index (κ3) is 3.01. The van der Waals surface area contributed by atoms with Gasteiger partial charge in [-0.3, -0.25) is 0 Å². The third-order valence-electron chi connectivity index (χ3n) is 4.39. The summed E-state index contributed by atoms with van der Waals surface area (Å²) < 4.78 is 0. The summed E-state index contributed by atoms with van der Waals surface area (Å²) in [6, 6.07) is -0.373. The maximum Gasteiger partial charge on any atom is 0.326 e. The van der Waals surface area contributed by atoms with Crippen molar-refractivity contribution in [1.29, 1.82) is 0 Å². The summed E-state index contributed by atoms with van der Waals surface area (Å²) in [5, 5.41) is 9.37.